The van der Waals surface area contributed by atoms with E-state index in [0.29, 0.717) is 12.8 Å². The van der Waals surface area contributed by atoms with Crippen LogP contribution in [0.3, 0.4) is 0 Å². The van der Waals surface area contributed by atoms with E-state index in [4.69, 9.17) is 11.5 Å². The van der Waals surface area contributed by atoms with E-state index in [0.717, 1.165) is 0 Å². The molecule has 686 valence electrons. The highest BCUT2D eigenvalue weighted by molar-refractivity contribution is 6.04. The molecule has 1 aliphatic rings. The topological polar surface area (TPSA) is 621 Å². The lowest BCUT2D eigenvalue weighted by molar-refractivity contribution is -0.146. The molecule has 0 radical (unpaired) electrons. The molecule has 0 aliphatic carbocycles. The van der Waals surface area contributed by atoms with Gasteiger partial charge in [-0.1, -0.05) is 55.4 Å². The first-order chi connectivity index (χ1) is 55.1. The highest BCUT2D eigenvalue weighted by Crippen LogP contribution is 2.25. The molecule has 9 atom stereocenters. The van der Waals surface area contributed by atoms with Crippen LogP contribution >= 0.6 is 0 Å². The minimum atomic E-state index is -1.86. The largest absolute Gasteiger partial charge is 0.394 e. The Hall–Kier alpha value is -10.6. The predicted molar refractivity (Wildman–Crippen MR) is 445 cm³/mol. The second-order valence-electron chi connectivity index (χ2n) is 36.5. The molecule has 0 spiro atoms. The molecule has 121 heavy (non-hydrogen) atoms. The lowest BCUT2D eigenvalue weighted by atomic mass is 9.92. The third-order valence-corrected chi connectivity index (χ3v) is 20.2. The second kappa shape index (κ2) is 45.3. The van der Waals surface area contributed by atoms with Crippen LogP contribution in [-0.2, 0) is 95.9 Å². The van der Waals surface area contributed by atoms with Gasteiger partial charge in [-0.25, -0.2) is 0 Å². The fourth-order valence-electron chi connectivity index (χ4n) is 12.2. The normalized spacial score (nSPS) is 15.8. The minimum Gasteiger partial charge on any atom is -0.394 e. The Morgan fingerprint density at radius 2 is 0.752 bits per heavy atom. The van der Waals surface area contributed by atoms with Crippen molar-refractivity contribution in [1.29, 1.82) is 0 Å². The lowest BCUT2D eigenvalue weighted by Crippen LogP contribution is -2.68. The van der Waals surface area contributed by atoms with E-state index in [9.17, 15) is 101 Å². The average molecular weight is 1720 g/mol. The third kappa shape index (κ3) is 34.8. The number of hydrogen-bond acceptors (Lipinski definition) is 21. The summed E-state index contributed by atoms with van der Waals surface area (Å²) < 4.78 is 0. The third-order valence-electron chi connectivity index (χ3n) is 20.2. The molecule has 20 amide bonds. The van der Waals surface area contributed by atoms with Gasteiger partial charge in [0.05, 0.1) is 25.7 Å². The van der Waals surface area contributed by atoms with Gasteiger partial charge in [-0.15, -0.1) is 0 Å². The van der Waals surface area contributed by atoms with Gasteiger partial charge >= 0.3 is 0 Å². The zero-order chi connectivity index (χ0) is 94.0. The average Bonchev–Trinajstić information content (AvgIpc) is 1.79. The van der Waals surface area contributed by atoms with Crippen molar-refractivity contribution in [2.45, 2.75) is 343 Å². The molecule has 41 nitrogen and oxygen atoms in total. The molecule has 0 aromatic carbocycles. The van der Waals surface area contributed by atoms with Crippen LogP contribution in [0.15, 0.2) is 0 Å². The van der Waals surface area contributed by atoms with Crippen molar-refractivity contribution in [3.8, 4) is 0 Å². The van der Waals surface area contributed by atoms with E-state index in [1.54, 1.807) is 34.6 Å². The number of primary amides is 2. The summed E-state index contributed by atoms with van der Waals surface area (Å²) in [5, 5.41) is 53.4. The van der Waals surface area contributed by atoms with Gasteiger partial charge in [0.2, 0.25) is 118 Å². The number of amides is 20. The monoisotopic (exact) mass is 1720 g/mol. The number of carbonyl (C=O) groups excluding carboxylic acids is 20. The van der Waals surface area contributed by atoms with Crippen molar-refractivity contribution < 1.29 is 101 Å². The van der Waals surface area contributed by atoms with Gasteiger partial charge in [0.25, 0.3) is 0 Å². The van der Waals surface area contributed by atoms with Crippen LogP contribution in [0.4, 0.5) is 0 Å². The van der Waals surface area contributed by atoms with Crippen LogP contribution in [0.5, 0.6) is 0 Å². The Bertz CT molecular complexity index is 3820. The molecule has 41 heteroatoms. The van der Waals surface area contributed by atoms with Crippen LogP contribution in [0, 0.1) is 17.8 Å². The van der Waals surface area contributed by atoms with Crippen LogP contribution in [0.1, 0.15) is 251 Å². The van der Waals surface area contributed by atoms with Gasteiger partial charge in [0.15, 0.2) is 0 Å². The van der Waals surface area contributed by atoms with Crippen LogP contribution in [-0.4, -0.2) is 247 Å². The molecule has 1 heterocycles. The molecule has 1 fully saturated rings. The summed E-state index contributed by atoms with van der Waals surface area (Å²) in [7, 11) is 0. The number of rotatable bonds is 49. The molecule has 22 N–H and O–H groups in total. The number of likely N-dealkylation sites (tertiary alicyclic amines) is 1. The Balaban J connectivity index is 3.19. The van der Waals surface area contributed by atoms with Gasteiger partial charge < -0.3 is 112 Å². The lowest BCUT2D eigenvalue weighted by Gasteiger charge is -2.37. The van der Waals surface area contributed by atoms with Crippen LogP contribution < -0.4 is 102 Å². The first-order valence-electron chi connectivity index (χ1n) is 40.9. The predicted octanol–water partition coefficient (Wildman–Crippen LogP) is -3.35. The fourth-order valence-corrected chi connectivity index (χ4v) is 12.2. The maximum Gasteiger partial charge on any atom is 0.248 e. The van der Waals surface area contributed by atoms with E-state index in [2.05, 4.69) is 90.4 Å². The summed E-state index contributed by atoms with van der Waals surface area (Å²) in [5.74, 6) is -16.6. The number of carbonyl (C=O) groups is 20. The van der Waals surface area contributed by atoms with Crippen molar-refractivity contribution in [3.05, 3.63) is 0 Å². The summed E-state index contributed by atoms with van der Waals surface area (Å²) in [6.45, 7) is 36.3. The van der Waals surface area contributed by atoms with Gasteiger partial charge in [0.1, 0.15) is 86.1 Å². The first-order valence-corrected chi connectivity index (χ1v) is 40.9. The molecule has 0 aromatic rings. The van der Waals surface area contributed by atoms with E-state index in [1.807, 2.05) is 13.8 Å². The molecule has 0 aromatic heterocycles. The van der Waals surface area contributed by atoms with Gasteiger partial charge in [-0.05, 0) is 193 Å². The smallest absolute Gasteiger partial charge is 0.248 e. The van der Waals surface area contributed by atoms with Gasteiger partial charge in [0, 0.05) is 26.3 Å². The van der Waals surface area contributed by atoms with E-state index < -0.39 is 243 Å². The highest BCUT2D eigenvalue weighted by Gasteiger charge is 2.48. The molecule has 1 rings (SSSR count). The standard InChI is InChI=1S/C80H140N20O21/c1-27-79(25,95-61(111)51(38-44(7)8)87-57(107)45(9)85-55(105)39-83-63(113)72(11,12)91-46(10)102)69(119)90-49(32-34-54(82)104)59(109)94-80(26,28-2)70(120)99-77(21,22)68(118)96-73(13,14)64(114)84-40-56(106)92-75(17,18)66(116)98-78(23,24)71(121)100-35-29-30-52(100)62(112)88-50(37-43(5)6)60(110)93-76(19,20)67(117)97-74(15,16)65(115)89-48(31-33-53(81)103)58(108)86-47(41-101)36-42(3)4/h42-45,47-52,101H,27-41H2,1-26H3,(H2,81,103)(H2,82,104)(H,83,113)(H,84,114)(H,85,105)(H,86,108)(H,87,107)(H,88,112)(H,89,115)(H,90,119)(H,91,102)(H,92,106)(H,93,110)(H,94,109)(H,95,111)(H,96,118)(H,97,117)(H,98,116)(H,99,120)/t45-,47+,48-,49+,50+,51+,52-,79-,80+/m1/s1. The van der Waals surface area contributed by atoms with Crippen molar-refractivity contribution in [2.75, 3.05) is 26.2 Å². The summed E-state index contributed by atoms with van der Waals surface area (Å²) >= 11 is 0. The van der Waals surface area contributed by atoms with E-state index in [1.165, 1.54) is 136 Å². The maximum absolute atomic E-state index is 14.4. The molecular weight excluding hydrogens is 1580 g/mol. The zero-order valence-corrected chi connectivity index (χ0v) is 75.6. The molecule has 0 unspecified atom stereocenters. The van der Waals surface area contributed by atoms with E-state index >= 15 is 0 Å². The summed E-state index contributed by atoms with van der Waals surface area (Å²) in [4.78, 5) is 272. The number of aliphatic hydroxyl groups excluding tert-OH is 1. The van der Waals surface area contributed by atoms with E-state index in [-0.39, 0.29) is 69.2 Å². The number of nitrogens with two attached hydrogens (primary N) is 2. The van der Waals surface area contributed by atoms with Crippen molar-refractivity contribution in [3.63, 3.8) is 0 Å². The zero-order valence-electron chi connectivity index (χ0n) is 75.6. The van der Waals surface area contributed by atoms with Crippen molar-refractivity contribution in [2.24, 2.45) is 29.2 Å². The fraction of sp³-hybridized carbons (Fsp3) is 0.750. The van der Waals surface area contributed by atoms with Gasteiger partial charge in [-0.2, -0.15) is 0 Å². The number of aliphatic hydroxyl groups is 1. The second-order valence-corrected chi connectivity index (χ2v) is 36.5. The first kappa shape index (κ1) is 108. The van der Waals surface area contributed by atoms with Crippen molar-refractivity contribution >= 4 is 118 Å². The summed E-state index contributed by atoms with van der Waals surface area (Å²) in [5.41, 5.74) is -4.87. The Labute approximate surface area is 709 Å². The quantitative estimate of drug-likeness (QED) is 0.0283. The molecule has 1 saturated heterocycles. The number of nitrogens with one attached hydrogen (secondary N) is 17. The number of hydrogen-bond donors (Lipinski definition) is 20. The van der Waals surface area contributed by atoms with Gasteiger partial charge in [-0.3, -0.25) is 95.9 Å². The number of nitrogens with zero attached hydrogens (tertiary/aromatic N) is 1. The SMILES string of the molecule is CC[C@@](C)(NC(=O)[C@H](CC(C)C)NC(=O)[C@@H](C)NC(=O)CNC(=O)C(C)(C)NC(C)=O)C(=O)N[C@@H](CCC(N)=O)C(=O)N[C@@](C)(CC)C(=O)NC(C)(C)C(=O)NC(C)(C)C(=O)NCC(=O)NC(C)(C)C(=O)NC(C)(C)C(=O)N1CCC[C@@H]1C(=O)N[C@@H](CC(C)C)C(=O)NC(C)(C)C(=O)NC(C)(C)C(=O)N[C@H](CCC(N)=O)C(=O)N[C@H](CO)CC(C)C. The molecular formula is C80H140N20O21. The molecule has 0 saturated carbocycles. The Kier molecular flexibility index (Phi) is 40.6. The summed E-state index contributed by atoms with van der Waals surface area (Å²) in [6.07, 6.45) is -0.554. The van der Waals surface area contributed by atoms with Crippen molar-refractivity contribution in [1.82, 2.24) is 95.3 Å². The van der Waals surface area contributed by atoms with Crippen LogP contribution in [0.25, 0.3) is 0 Å². The van der Waals surface area contributed by atoms with Crippen LogP contribution in [0.2, 0.25) is 0 Å². The minimum absolute atomic E-state index is 0.0442. The highest BCUT2D eigenvalue weighted by atomic mass is 16.3. The summed E-state index contributed by atoms with van der Waals surface area (Å²) in [6, 6.07) is -8.47. The maximum atomic E-state index is 14.4. The molecule has 0 bridgehead atoms. The molecule has 1 aliphatic heterocycles. The Morgan fingerprint density at radius 1 is 0.380 bits per heavy atom. The Morgan fingerprint density at radius 3 is 1.20 bits per heavy atom.